The Kier molecular flexibility index (Phi) is 2.74. The van der Waals surface area contributed by atoms with Gasteiger partial charge in [-0.25, -0.2) is 0 Å². The quantitative estimate of drug-likeness (QED) is 0.846. The highest BCUT2D eigenvalue weighted by molar-refractivity contribution is 9.10. The third-order valence-corrected chi connectivity index (χ3v) is 4.88. The highest BCUT2D eigenvalue weighted by atomic mass is 79.9. The summed E-state index contributed by atoms with van der Waals surface area (Å²) in [7, 11) is 0. The van der Waals surface area contributed by atoms with Crippen molar-refractivity contribution in [2.75, 3.05) is 6.54 Å². The summed E-state index contributed by atoms with van der Waals surface area (Å²) < 4.78 is 1.10. The van der Waals surface area contributed by atoms with Gasteiger partial charge < -0.3 is 5.32 Å². The minimum absolute atomic E-state index is 0.103. The average Bonchev–Trinajstić information content (AvgIpc) is 2.92. The first-order valence-electron chi connectivity index (χ1n) is 6.26. The van der Waals surface area contributed by atoms with Crippen LogP contribution in [0.2, 0.25) is 0 Å². The Morgan fingerprint density at radius 3 is 2.47 bits per heavy atom. The molecule has 1 saturated heterocycles. The van der Waals surface area contributed by atoms with Crippen LogP contribution in [0.25, 0.3) is 0 Å². The Hall–Kier alpha value is -0.830. The van der Waals surface area contributed by atoms with Crippen molar-refractivity contribution in [3.05, 3.63) is 34.3 Å². The molecule has 1 aliphatic carbocycles. The van der Waals surface area contributed by atoms with Gasteiger partial charge in [0, 0.05) is 16.9 Å². The van der Waals surface area contributed by atoms with Crippen molar-refractivity contribution in [2.24, 2.45) is 5.41 Å². The van der Waals surface area contributed by atoms with Crippen molar-refractivity contribution >= 4 is 21.8 Å². The van der Waals surface area contributed by atoms with Gasteiger partial charge in [0.15, 0.2) is 0 Å². The van der Waals surface area contributed by atoms with Crippen LogP contribution in [-0.4, -0.2) is 12.5 Å². The lowest BCUT2D eigenvalue weighted by Gasteiger charge is -2.27. The predicted molar refractivity (Wildman–Crippen MR) is 70.8 cm³/mol. The van der Waals surface area contributed by atoms with E-state index in [-0.39, 0.29) is 11.3 Å². The molecule has 1 saturated carbocycles. The van der Waals surface area contributed by atoms with Crippen LogP contribution < -0.4 is 5.32 Å². The number of amides is 1. The van der Waals surface area contributed by atoms with Crippen LogP contribution in [0.4, 0.5) is 0 Å². The maximum Gasteiger partial charge on any atom is 0.226 e. The highest BCUT2D eigenvalue weighted by Gasteiger charge is 2.51. The second kappa shape index (κ2) is 4.13. The molecule has 3 rings (SSSR count). The third-order valence-electron chi connectivity index (χ3n) is 4.35. The smallest absolute Gasteiger partial charge is 0.226 e. The molecule has 1 unspecified atom stereocenters. The molecule has 1 atom stereocenters. The molecule has 1 spiro atoms. The summed E-state index contributed by atoms with van der Waals surface area (Å²) in [5, 5.41) is 3.06. The highest BCUT2D eigenvalue weighted by Crippen LogP contribution is 2.51. The molecule has 3 heteroatoms. The van der Waals surface area contributed by atoms with Crippen LogP contribution in [0.5, 0.6) is 0 Å². The summed E-state index contributed by atoms with van der Waals surface area (Å²) in [6, 6.07) is 8.44. The van der Waals surface area contributed by atoms with E-state index < -0.39 is 0 Å². The molecule has 1 N–H and O–H groups in total. The van der Waals surface area contributed by atoms with E-state index in [0.717, 1.165) is 23.9 Å². The lowest BCUT2D eigenvalue weighted by atomic mass is 9.73. The van der Waals surface area contributed by atoms with Crippen LogP contribution in [-0.2, 0) is 4.79 Å². The normalized spacial score (nSPS) is 26.4. The summed E-state index contributed by atoms with van der Waals surface area (Å²) in [5.74, 6) is 0.647. The van der Waals surface area contributed by atoms with Crippen LogP contribution in [0.1, 0.15) is 37.2 Å². The number of carbonyl (C=O) groups is 1. The molecule has 90 valence electrons. The summed E-state index contributed by atoms with van der Waals surface area (Å²) in [6.07, 6.45) is 4.50. The molecule has 1 heterocycles. The SMILES string of the molecule is O=C1NCC(c2ccc(Br)cc2)C12CCCC2. The van der Waals surface area contributed by atoms with Crippen molar-refractivity contribution in [1.82, 2.24) is 5.32 Å². The first kappa shape index (κ1) is 11.3. The summed E-state index contributed by atoms with van der Waals surface area (Å²) >= 11 is 3.46. The fraction of sp³-hybridized carbons (Fsp3) is 0.500. The number of carbonyl (C=O) groups excluding carboxylic acids is 1. The Morgan fingerprint density at radius 1 is 1.18 bits per heavy atom. The average molecular weight is 294 g/mol. The van der Waals surface area contributed by atoms with E-state index in [1.807, 2.05) is 0 Å². The molecule has 17 heavy (non-hydrogen) atoms. The van der Waals surface area contributed by atoms with Crippen molar-refractivity contribution in [3.8, 4) is 0 Å². The van der Waals surface area contributed by atoms with Crippen LogP contribution in [0, 0.1) is 5.41 Å². The zero-order valence-corrected chi connectivity index (χ0v) is 11.3. The number of hydrogen-bond acceptors (Lipinski definition) is 1. The maximum atomic E-state index is 12.1. The Balaban J connectivity index is 1.97. The molecular weight excluding hydrogens is 278 g/mol. The Morgan fingerprint density at radius 2 is 1.82 bits per heavy atom. The number of halogens is 1. The van der Waals surface area contributed by atoms with Crippen LogP contribution >= 0.6 is 15.9 Å². The van der Waals surface area contributed by atoms with Gasteiger partial charge in [-0.3, -0.25) is 4.79 Å². The van der Waals surface area contributed by atoms with E-state index in [9.17, 15) is 4.79 Å². The first-order chi connectivity index (χ1) is 8.22. The number of rotatable bonds is 1. The fourth-order valence-corrected chi connectivity index (χ4v) is 3.70. The summed E-state index contributed by atoms with van der Waals surface area (Å²) in [4.78, 5) is 12.1. The predicted octanol–water partition coefficient (Wildman–Crippen LogP) is 3.22. The zero-order chi connectivity index (χ0) is 11.9. The lowest BCUT2D eigenvalue weighted by Crippen LogP contribution is -2.31. The van der Waals surface area contributed by atoms with Crippen LogP contribution in [0.3, 0.4) is 0 Å². The van der Waals surface area contributed by atoms with Gasteiger partial charge in [-0.2, -0.15) is 0 Å². The molecule has 2 nitrogen and oxygen atoms in total. The molecule has 2 fully saturated rings. The largest absolute Gasteiger partial charge is 0.355 e. The van der Waals surface area contributed by atoms with Crippen LogP contribution in [0.15, 0.2) is 28.7 Å². The Bertz CT molecular complexity index is 434. The van der Waals surface area contributed by atoms with Gasteiger partial charge in [0.05, 0.1) is 5.41 Å². The van der Waals surface area contributed by atoms with Gasteiger partial charge in [0.25, 0.3) is 0 Å². The molecule has 2 aliphatic rings. The van der Waals surface area contributed by atoms with E-state index in [1.165, 1.54) is 18.4 Å². The van der Waals surface area contributed by atoms with Gasteiger partial charge in [-0.15, -0.1) is 0 Å². The fourth-order valence-electron chi connectivity index (χ4n) is 3.44. The molecule has 0 bridgehead atoms. The molecule has 0 radical (unpaired) electrons. The number of hydrogen-bond donors (Lipinski definition) is 1. The topological polar surface area (TPSA) is 29.1 Å². The molecule has 1 aromatic rings. The third kappa shape index (κ3) is 1.71. The minimum atomic E-state index is -0.103. The van der Waals surface area contributed by atoms with E-state index in [2.05, 4.69) is 45.5 Å². The zero-order valence-electron chi connectivity index (χ0n) is 9.71. The number of nitrogens with one attached hydrogen (secondary N) is 1. The molecule has 1 amide bonds. The van der Waals surface area contributed by atoms with Crippen molar-refractivity contribution in [1.29, 1.82) is 0 Å². The molecular formula is C14H16BrNO. The Labute approximate surface area is 110 Å². The first-order valence-corrected chi connectivity index (χ1v) is 7.05. The lowest BCUT2D eigenvalue weighted by molar-refractivity contribution is -0.127. The van der Waals surface area contributed by atoms with Gasteiger partial charge >= 0.3 is 0 Å². The van der Waals surface area contributed by atoms with E-state index in [4.69, 9.17) is 0 Å². The summed E-state index contributed by atoms with van der Waals surface area (Å²) in [5.41, 5.74) is 1.20. The van der Waals surface area contributed by atoms with Gasteiger partial charge in [0.2, 0.25) is 5.91 Å². The van der Waals surface area contributed by atoms with Gasteiger partial charge in [-0.05, 0) is 30.5 Å². The maximum absolute atomic E-state index is 12.1. The second-order valence-electron chi connectivity index (χ2n) is 5.18. The van der Waals surface area contributed by atoms with Crippen molar-refractivity contribution in [2.45, 2.75) is 31.6 Å². The monoisotopic (exact) mass is 293 g/mol. The van der Waals surface area contributed by atoms with E-state index >= 15 is 0 Å². The molecule has 0 aromatic heterocycles. The summed E-state index contributed by atoms with van der Waals surface area (Å²) in [6.45, 7) is 0.806. The van der Waals surface area contributed by atoms with Crippen molar-refractivity contribution < 1.29 is 4.79 Å². The van der Waals surface area contributed by atoms with Crippen molar-refractivity contribution in [3.63, 3.8) is 0 Å². The van der Waals surface area contributed by atoms with Gasteiger partial charge in [-0.1, -0.05) is 40.9 Å². The van der Waals surface area contributed by atoms with Gasteiger partial charge in [0.1, 0.15) is 0 Å². The standard InChI is InChI=1S/C14H16BrNO/c15-11-5-3-10(4-6-11)12-9-16-13(17)14(12)7-1-2-8-14/h3-6,12H,1-2,7-9H2,(H,16,17). The second-order valence-corrected chi connectivity index (χ2v) is 6.09. The number of benzene rings is 1. The minimum Gasteiger partial charge on any atom is -0.355 e. The molecule has 1 aromatic carbocycles. The van der Waals surface area contributed by atoms with E-state index in [0.29, 0.717) is 5.92 Å². The van der Waals surface area contributed by atoms with E-state index in [1.54, 1.807) is 0 Å². The molecule has 1 aliphatic heterocycles.